The number of para-hydroxylation sites is 1. The molecule has 176 valence electrons. The standard InChI is InChI=1S/C23H25F3N4O2S/c24-23(25,26)16-33(31,32)29-13-19-8-4-5-9-22(19)30(14-20-12-27-17-28-20)21(15-29)11-10-18-6-2-1-3-7-18/h1-9,12,17,21H,10-11,13-16H2,(H,27,28). The molecule has 1 unspecified atom stereocenters. The third-order valence-electron chi connectivity index (χ3n) is 5.75. The molecular formula is C23H25F3N4O2S. The van der Waals surface area contributed by atoms with Crippen molar-refractivity contribution in [2.45, 2.75) is 38.1 Å². The summed E-state index contributed by atoms with van der Waals surface area (Å²) in [5.74, 6) is -1.87. The number of nitrogens with one attached hydrogen (secondary N) is 1. The van der Waals surface area contributed by atoms with E-state index < -0.39 is 22.0 Å². The number of hydrogen-bond acceptors (Lipinski definition) is 4. The number of nitrogens with zero attached hydrogens (tertiary/aromatic N) is 3. The summed E-state index contributed by atoms with van der Waals surface area (Å²) in [4.78, 5) is 9.21. The van der Waals surface area contributed by atoms with Crippen molar-refractivity contribution in [3.05, 3.63) is 83.9 Å². The van der Waals surface area contributed by atoms with Crippen LogP contribution < -0.4 is 4.90 Å². The fourth-order valence-electron chi connectivity index (χ4n) is 4.21. The first-order valence-corrected chi connectivity index (χ1v) is 12.2. The molecule has 10 heteroatoms. The number of rotatable bonds is 7. The van der Waals surface area contributed by atoms with Gasteiger partial charge in [0.25, 0.3) is 0 Å². The highest BCUT2D eigenvalue weighted by molar-refractivity contribution is 7.89. The lowest BCUT2D eigenvalue weighted by Crippen LogP contribution is -2.45. The van der Waals surface area contributed by atoms with Gasteiger partial charge in [0.15, 0.2) is 5.75 Å². The Hall–Kier alpha value is -2.85. The number of aryl methyl sites for hydroxylation is 1. The zero-order valence-electron chi connectivity index (χ0n) is 17.9. The number of H-pyrrole nitrogens is 1. The first kappa shape index (κ1) is 23.3. The van der Waals surface area contributed by atoms with Gasteiger partial charge in [0, 0.05) is 31.0 Å². The molecule has 6 nitrogen and oxygen atoms in total. The van der Waals surface area contributed by atoms with E-state index >= 15 is 0 Å². The molecule has 0 saturated heterocycles. The van der Waals surface area contributed by atoms with Crippen LogP contribution in [0.25, 0.3) is 0 Å². The van der Waals surface area contributed by atoms with Gasteiger partial charge in [-0.25, -0.2) is 13.4 Å². The third kappa shape index (κ3) is 5.94. The maximum absolute atomic E-state index is 13.1. The summed E-state index contributed by atoms with van der Waals surface area (Å²) in [6, 6.07) is 16.7. The van der Waals surface area contributed by atoms with Crippen molar-refractivity contribution >= 4 is 15.7 Å². The molecule has 0 saturated carbocycles. The average Bonchev–Trinajstić information content (AvgIpc) is 3.21. The largest absolute Gasteiger partial charge is 0.404 e. The predicted octanol–water partition coefficient (Wildman–Crippen LogP) is 4.13. The minimum Gasteiger partial charge on any atom is -0.361 e. The van der Waals surface area contributed by atoms with E-state index in [1.54, 1.807) is 24.7 Å². The fraction of sp³-hybridized carbons (Fsp3) is 0.348. The monoisotopic (exact) mass is 478 g/mol. The number of fused-ring (bicyclic) bond motifs is 1. The quantitative estimate of drug-likeness (QED) is 0.555. The van der Waals surface area contributed by atoms with Crippen LogP contribution in [0.4, 0.5) is 18.9 Å². The molecule has 1 aromatic heterocycles. The van der Waals surface area contributed by atoms with E-state index in [2.05, 4.69) is 14.9 Å². The minimum absolute atomic E-state index is 0.0337. The molecule has 1 N–H and O–H groups in total. The van der Waals surface area contributed by atoms with Crippen molar-refractivity contribution in [2.24, 2.45) is 0 Å². The summed E-state index contributed by atoms with van der Waals surface area (Å²) >= 11 is 0. The van der Waals surface area contributed by atoms with Crippen LogP contribution in [0, 0.1) is 0 Å². The van der Waals surface area contributed by atoms with E-state index in [-0.39, 0.29) is 19.1 Å². The molecule has 33 heavy (non-hydrogen) atoms. The van der Waals surface area contributed by atoms with Crippen LogP contribution in [-0.2, 0) is 29.5 Å². The van der Waals surface area contributed by atoms with Crippen molar-refractivity contribution in [2.75, 3.05) is 17.2 Å². The van der Waals surface area contributed by atoms with Crippen molar-refractivity contribution in [1.29, 1.82) is 0 Å². The van der Waals surface area contributed by atoms with Gasteiger partial charge in [0.05, 0.1) is 18.6 Å². The van der Waals surface area contributed by atoms with Gasteiger partial charge in [-0.05, 0) is 30.0 Å². The maximum atomic E-state index is 13.1. The zero-order chi connectivity index (χ0) is 23.5. The summed E-state index contributed by atoms with van der Waals surface area (Å²) in [6.45, 7) is 0.299. The van der Waals surface area contributed by atoms with Gasteiger partial charge in [0.1, 0.15) is 0 Å². The second-order valence-corrected chi connectivity index (χ2v) is 10.1. The normalized spacial score (nSPS) is 17.5. The lowest BCUT2D eigenvalue weighted by atomic mass is 10.0. The second kappa shape index (κ2) is 9.56. The first-order chi connectivity index (χ1) is 15.7. The van der Waals surface area contributed by atoms with Crippen LogP contribution in [0.1, 0.15) is 23.2 Å². The fourth-order valence-corrected chi connectivity index (χ4v) is 5.54. The number of aromatic nitrogens is 2. The molecule has 1 aliphatic rings. The number of imidazole rings is 1. The number of alkyl halides is 3. The van der Waals surface area contributed by atoms with Gasteiger partial charge in [0.2, 0.25) is 10.0 Å². The topological polar surface area (TPSA) is 69.3 Å². The molecule has 1 atom stereocenters. The Kier molecular flexibility index (Phi) is 6.76. The minimum atomic E-state index is -4.81. The Balaban J connectivity index is 1.70. The predicted molar refractivity (Wildman–Crippen MR) is 120 cm³/mol. The summed E-state index contributed by atoms with van der Waals surface area (Å²) in [6.07, 6.45) is -0.303. The van der Waals surface area contributed by atoms with Crippen molar-refractivity contribution in [1.82, 2.24) is 14.3 Å². The molecular weight excluding hydrogens is 453 g/mol. The second-order valence-electron chi connectivity index (χ2n) is 8.18. The van der Waals surface area contributed by atoms with E-state index in [4.69, 9.17) is 0 Å². The van der Waals surface area contributed by atoms with Crippen LogP contribution >= 0.6 is 0 Å². The SMILES string of the molecule is O=S(=O)(CC(F)(F)F)N1Cc2ccccc2N(Cc2cnc[nH]2)C(CCc2ccccc2)C1. The summed E-state index contributed by atoms with van der Waals surface area (Å²) < 4.78 is 65.8. The van der Waals surface area contributed by atoms with Crippen LogP contribution in [-0.4, -0.2) is 47.2 Å². The van der Waals surface area contributed by atoms with Gasteiger partial charge in [-0.15, -0.1) is 0 Å². The number of halogens is 3. The molecule has 4 rings (SSSR count). The number of anilines is 1. The average molecular weight is 479 g/mol. The van der Waals surface area contributed by atoms with E-state index in [0.29, 0.717) is 24.9 Å². The third-order valence-corrected chi connectivity index (χ3v) is 7.50. The van der Waals surface area contributed by atoms with Crippen LogP contribution in [0.5, 0.6) is 0 Å². The smallest absolute Gasteiger partial charge is 0.361 e. The molecule has 0 aliphatic carbocycles. The molecule has 0 bridgehead atoms. The van der Waals surface area contributed by atoms with Crippen LogP contribution in [0.2, 0.25) is 0 Å². The molecule has 1 aliphatic heterocycles. The van der Waals surface area contributed by atoms with Gasteiger partial charge in [-0.2, -0.15) is 17.5 Å². The molecule has 2 heterocycles. The highest BCUT2D eigenvalue weighted by Gasteiger charge is 2.41. The Labute approximate surface area is 191 Å². The van der Waals surface area contributed by atoms with E-state index in [1.165, 1.54) is 0 Å². The van der Waals surface area contributed by atoms with Gasteiger partial charge in [-0.3, -0.25) is 0 Å². The Morgan fingerprint density at radius 2 is 1.79 bits per heavy atom. The molecule has 0 spiro atoms. The number of hydrogen-bond donors (Lipinski definition) is 1. The van der Waals surface area contributed by atoms with Gasteiger partial charge in [-0.1, -0.05) is 48.5 Å². The summed E-state index contributed by atoms with van der Waals surface area (Å²) in [5, 5.41) is 0. The van der Waals surface area contributed by atoms with Crippen molar-refractivity contribution in [3.63, 3.8) is 0 Å². The first-order valence-electron chi connectivity index (χ1n) is 10.6. The number of sulfonamides is 1. The Morgan fingerprint density at radius 3 is 2.48 bits per heavy atom. The summed E-state index contributed by atoms with van der Waals surface area (Å²) in [5.41, 5.74) is 3.40. The van der Waals surface area contributed by atoms with E-state index in [1.807, 2.05) is 42.5 Å². The number of benzene rings is 2. The molecule has 0 amide bonds. The highest BCUT2D eigenvalue weighted by Crippen LogP contribution is 2.33. The van der Waals surface area contributed by atoms with Gasteiger partial charge < -0.3 is 9.88 Å². The van der Waals surface area contributed by atoms with Crippen molar-refractivity contribution < 1.29 is 21.6 Å². The number of aromatic amines is 1. The zero-order valence-corrected chi connectivity index (χ0v) is 18.7. The Morgan fingerprint density at radius 1 is 1.06 bits per heavy atom. The van der Waals surface area contributed by atoms with E-state index in [0.717, 1.165) is 21.2 Å². The molecule has 3 aromatic rings. The highest BCUT2D eigenvalue weighted by atomic mass is 32.2. The molecule has 0 fully saturated rings. The molecule has 0 radical (unpaired) electrons. The maximum Gasteiger partial charge on any atom is 0.404 e. The van der Waals surface area contributed by atoms with Crippen LogP contribution in [0.3, 0.4) is 0 Å². The van der Waals surface area contributed by atoms with Crippen LogP contribution in [0.15, 0.2) is 67.1 Å². The van der Waals surface area contributed by atoms with E-state index in [9.17, 15) is 21.6 Å². The molecule has 2 aromatic carbocycles. The lowest BCUT2D eigenvalue weighted by Gasteiger charge is -2.34. The van der Waals surface area contributed by atoms with Gasteiger partial charge >= 0.3 is 6.18 Å². The lowest BCUT2D eigenvalue weighted by molar-refractivity contribution is -0.107. The van der Waals surface area contributed by atoms with Crippen molar-refractivity contribution in [3.8, 4) is 0 Å². The Bertz CT molecular complexity index is 1150. The summed E-state index contributed by atoms with van der Waals surface area (Å²) in [7, 11) is -4.55.